The van der Waals surface area contributed by atoms with Crippen LogP contribution in [-0.2, 0) is 13.1 Å². The maximum Gasteiger partial charge on any atom is 0.231 e. The molecule has 6 heteroatoms. The van der Waals surface area contributed by atoms with E-state index in [0.29, 0.717) is 36.9 Å². The van der Waals surface area contributed by atoms with E-state index < -0.39 is 0 Å². The van der Waals surface area contributed by atoms with Crippen molar-refractivity contribution in [1.82, 2.24) is 4.90 Å². The molecule has 2 aliphatic heterocycles. The van der Waals surface area contributed by atoms with Crippen LogP contribution in [0.1, 0.15) is 32.8 Å². The molecule has 0 aliphatic carbocycles. The van der Waals surface area contributed by atoms with E-state index in [9.17, 15) is 4.79 Å². The van der Waals surface area contributed by atoms with E-state index in [1.54, 1.807) is 12.3 Å². The second-order valence-electron chi connectivity index (χ2n) is 7.20. The number of ether oxygens (including phenoxy) is 2. The summed E-state index contributed by atoms with van der Waals surface area (Å²) in [5.41, 5.74) is 3.35. The Balaban J connectivity index is 1.44. The third-order valence-electron chi connectivity index (χ3n) is 5.13. The zero-order chi connectivity index (χ0) is 20.0. The first-order chi connectivity index (χ1) is 14.1. The van der Waals surface area contributed by atoms with Crippen LogP contribution >= 0.6 is 15.9 Å². The molecule has 3 aromatic rings. The molecule has 5 rings (SSSR count). The summed E-state index contributed by atoms with van der Waals surface area (Å²) in [5, 5.41) is 0. The fourth-order valence-corrected chi connectivity index (χ4v) is 4.00. The minimum atomic E-state index is -0.100. The molecule has 5 nitrogen and oxygen atoms in total. The average Bonchev–Trinajstić information content (AvgIpc) is 3.33. The first-order valence-corrected chi connectivity index (χ1v) is 10.1. The molecule has 0 amide bonds. The van der Waals surface area contributed by atoms with Gasteiger partial charge in [-0.3, -0.25) is 9.69 Å². The first kappa shape index (κ1) is 18.2. The van der Waals surface area contributed by atoms with Crippen LogP contribution in [0.15, 0.2) is 63.4 Å². The Bertz CT molecular complexity index is 1120. The molecule has 0 fully saturated rings. The highest BCUT2D eigenvalue weighted by molar-refractivity contribution is 9.10. The lowest BCUT2D eigenvalue weighted by Crippen LogP contribution is -2.31. The number of allylic oxidation sites excluding steroid dienone is 1. The molecule has 0 radical (unpaired) electrons. The third-order valence-corrected chi connectivity index (χ3v) is 5.66. The SMILES string of the molecule is Cc1c2c(cc3c1O/C(=C\c1ccc(Br)cc1)C3=O)CN(Cc1ccco1)CO2. The number of benzene rings is 2. The quantitative estimate of drug-likeness (QED) is 0.504. The number of Topliss-reactive ketones (excluding diaryl/α,β-unsaturated/α-hetero) is 1. The molecule has 2 aromatic carbocycles. The summed E-state index contributed by atoms with van der Waals surface area (Å²) in [4.78, 5) is 15.1. The maximum atomic E-state index is 13.0. The smallest absolute Gasteiger partial charge is 0.231 e. The summed E-state index contributed by atoms with van der Waals surface area (Å²) in [7, 11) is 0. The van der Waals surface area contributed by atoms with Crippen molar-refractivity contribution in [3.05, 3.63) is 87.0 Å². The van der Waals surface area contributed by atoms with Crippen LogP contribution in [0.25, 0.3) is 6.08 Å². The van der Waals surface area contributed by atoms with E-state index in [-0.39, 0.29) is 5.78 Å². The van der Waals surface area contributed by atoms with Crippen LogP contribution in [0.5, 0.6) is 11.5 Å². The Morgan fingerprint density at radius 1 is 1.17 bits per heavy atom. The standard InChI is InChI=1S/C23H18BrNO4/c1-14-22-16(11-25(13-28-22)12-18-3-2-8-27-18)10-19-21(26)20(29-23(14)19)9-15-4-6-17(24)7-5-15/h2-10H,11-13H2,1H3/b20-9-. The summed E-state index contributed by atoms with van der Waals surface area (Å²) in [6.45, 7) is 3.74. The molecule has 0 bridgehead atoms. The first-order valence-electron chi connectivity index (χ1n) is 9.32. The second-order valence-corrected chi connectivity index (χ2v) is 8.11. The zero-order valence-electron chi connectivity index (χ0n) is 15.8. The summed E-state index contributed by atoms with van der Waals surface area (Å²) in [5.74, 6) is 2.51. The van der Waals surface area contributed by atoms with Gasteiger partial charge in [0.15, 0.2) is 5.76 Å². The molecule has 0 spiro atoms. The maximum absolute atomic E-state index is 13.0. The predicted octanol–water partition coefficient (Wildman–Crippen LogP) is 5.32. The van der Waals surface area contributed by atoms with Crippen molar-refractivity contribution < 1.29 is 18.7 Å². The topological polar surface area (TPSA) is 51.9 Å². The van der Waals surface area contributed by atoms with Gasteiger partial charge >= 0.3 is 0 Å². The molecule has 0 atom stereocenters. The Hall–Kier alpha value is -2.83. The van der Waals surface area contributed by atoms with Crippen LogP contribution in [0.2, 0.25) is 0 Å². The zero-order valence-corrected chi connectivity index (χ0v) is 17.4. The average molecular weight is 452 g/mol. The number of fused-ring (bicyclic) bond motifs is 2. The molecule has 3 heterocycles. The van der Waals surface area contributed by atoms with Crippen LogP contribution in [0, 0.1) is 6.92 Å². The van der Waals surface area contributed by atoms with Crippen molar-refractivity contribution in [2.75, 3.05) is 6.73 Å². The second kappa shape index (κ2) is 7.21. The van der Waals surface area contributed by atoms with E-state index >= 15 is 0 Å². The summed E-state index contributed by atoms with van der Waals surface area (Å²) < 4.78 is 18.4. The van der Waals surface area contributed by atoms with Crippen LogP contribution in [0.3, 0.4) is 0 Å². The molecule has 0 saturated heterocycles. The van der Waals surface area contributed by atoms with E-state index in [2.05, 4.69) is 20.8 Å². The molecular formula is C23H18BrNO4. The van der Waals surface area contributed by atoms with Gasteiger partial charge in [-0.1, -0.05) is 28.1 Å². The third kappa shape index (κ3) is 3.39. The fourth-order valence-electron chi connectivity index (χ4n) is 3.73. The monoisotopic (exact) mass is 451 g/mol. The van der Waals surface area contributed by atoms with Gasteiger partial charge in [-0.15, -0.1) is 0 Å². The van der Waals surface area contributed by atoms with Crippen LogP contribution in [-0.4, -0.2) is 17.4 Å². The normalized spacial score (nSPS) is 17.0. The highest BCUT2D eigenvalue weighted by Crippen LogP contribution is 2.43. The van der Waals surface area contributed by atoms with E-state index in [1.165, 1.54) is 0 Å². The largest absolute Gasteiger partial charge is 0.477 e. The highest BCUT2D eigenvalue weighted by atomic mass is 79.9. The molecule has 0 unspecified atom stereocenters. The van der Waals surface area contributed by atoms with Crippen LogP contribution in [0.4, 0.5) is 0 Å². The number of carbonyl (C=O) groups excluding carboxylic acids is 1. The Kier molecular flexibility index (Phi) is 4.53. The van der Waals surface area contributed by atoms with Crippen molar-refractivity contribution >= 4 is 27.8 Å². The number of halogens is 1. The van der Waals surface area contributed by atoms with Gasteiger partial charge in [0.1, 0.15) is 24.0 Å². The molecule has 0 saturated carbocycles. The molecule has 29 heavy (non-hydrogen) atoms. The van der Waals surface area contributed by atoms with Crippen molar-refractivity contribution in [1.29, 1.82) is 0 Å². The van der Waals surface area contributed by atoms with E-state index in [4.69, 9.17) is 13.9 Å². The summed E-state index contributed by atoms with van der Waals surface area (Å²) in [6.07, 6.45) is 3.44. The molecule has 2 aliphatic rings. The minimum absolute atomic E-state index is 0.100. The van der Waals surface area contributed by atoms with E-state index in [1.807, 2.05) is 49.4 Å². The number of nitrogens with zero attached hydrogens (tertiary/aromatic N) is 1. The Morgan fingerprint density at radius 3 is 2.76 bits per heavy atom. The van der Waals surface area contributed by atoms with Crippen molar-refractivity contribution in [2.45, 2.75) is 20.0 Å². The van der Waals surface area contributed by atoms with E-state index in [0.717, 1.165) is 32.7 Å². The van der Waals surface area contributed by atoms with Crippen molar-refractivity contribution in [3.63, 3.8) is 0 Å². The Labute approximate surface area is 176 Å². The number of furan rings is 1. The van der Waals surface area contributed by atoms with Gasteiger partial charge in [0.25, 0.3) is 0 Å². The van der Waals surface area contributed by atoms with Crippen molar-refractivity contribution in [3.8, 4) is 11.5 Å². The number of hydrogen-bond donors (Lipinski definition) is 0. The van der Waals surface area contributed by atoms with Crippen LogP contribution < -0.4 is 9.47 Å². The van der Waals surface area contributed by atoms with Gasteiger partial charge in [0.2, 0.25) is 5.78 Å². The number of ketones is 1. The number of rotatable bonds is 3. The van der Waals surface area contributed by atoms with Gasteiger partial charge in [-0.05, 0) is 48.9 Å². The lowest BCUT2D eigenvalue weighted by atomic mass is 10.00. The molecule has 146 valence electrons. The van der Waals surface area contributed by atoms with Gasteiger partial charge in [0, 0.05) is 22.1 Å². The highest BCUT2D eigenvalue weighted by Gasteiger charge is 2.33. The molecule has 1 aromatic heterocycles. The summed E-state index contributed by atoms with van der Waals surface area (Å²) in [6, 6.07) is 13.5. The summed E-state index contributed by atoms with van der Waals surface area (Å²) >= 11 is 3.42. The van der Waals surface area contributed by atoms with Gasteiger partial charge in [-0.25, -0.2) is 0 Å². The van der Waals surface area contributed by atoms with Crippen molar-refractivity contribution in [2.24, 2.45) is 0 Å². The lowest BCUT2D eigenvalue weighted by Gasteiger charge is -2.29. The lowest BCUT2D eigenvalue weighted by molar-refractivity contribution is 0.0813. The predicted molar refractivity (Wildman–Crippen MR) is 112 cm³/mol. The molecule has 0 N–H and O–H groups in total. The van der Waals surface area contributed by atoms with Gasteiger partial charge < -0.3 is 13.9 Å². The Morgan fingerprint density at radius 2 is 2.00 bits per heavy atom. The minimum Gasteiger partial charge on any atom is -0.477 e. The molecular weight excluding hydrogens is 434 g/mol. The number of carbonyl (C=O) groups is 1. The van der Waals surface area contributed by atoms with Gasteiger partial charge in [-0.2, -0.15) is 0 Å². The number of hydrogen-bond acceptors (Lipinski definition) is 5. The fraction of sp³-hybridized carbons (Fsp3) is 0.174. The van der Waals surface area contributed by atoms with Gasteiger partial charge in [0.05, 0.1) is 18.4 Å².